The van der Waals surface area contributed by atoms with Gasteiger partial charge >= 0.3 is 0 Å². The van der Waals surface area contributed by atoms with Crippen molar-refractivity contribution in [2.75, 3.05) is 7.11 Å². The van der Waals surface area contributed by atoms with E-state index in [0.29, 0.717) is 6.04 Å². The predicted molar refractivity (Wildman–Crippen MR) is 87.1 cm³/mol. The molecule has 1 N–H and O–H groups in total. The molecule has 0 bridgehead atoms. The van der Waals surface area contributed by atoms with Crippen molar-refractivity contribution >= 4 is 11.6 Å². The molecule has 0 fully saturated rings. The number of halogens is 1. The summed E-state index contributed by atoms with van der Waals surface area (Å²) in [6.07, 6.45) is 2.29. The number of hydrogen-bond donors (Lipinski definition) is 1. The Balaban J connectivity index is 1.77. The lowest BCUT2D eigenvalue weighted by atomic mass is 10.0. The molecule has 1 unspecified atom stereocenters. The van der Waals surface area contributed by atoms with Crippen LogP contribution in [0.25, 0.3) is 0 Å². The zero-order valence-corrected chi connectivity index (χ0v) is 13.2. The Morgan fingerprint density at radius 1 is 1.29 bits per heavy atom. The van der Waals surface area contributed by atoms with E-state index in [-0.39, 0.29) is 0 Å². The monoisotopic (exact) mass is 301 g/mol. The van der Waals surface area contributed by atoms with Gasteiger partial charge in [0.25, 0.3) is 0 Å². The van der Waals surface area contributed by atoms with Gasteiger partial charge in [0.2, 0.25) is 0 Å². The molecule has 1 atom stereocenters. The van der Waals surface area contributed by atoms with Gasteiger partial charge in [0.15, 0.2) is 0 Å². The quantitative estimate of drug-likeness (QED) is 0.902. The molecule has 2 aromatic carbocycles. The van der Waals surface area contributed by atoms with Crippen LogP contribution in [0, 0.1) is 6.92 Å². The highest BCUT2D eigenvalue weighted by molar-refractivity contribution is 6.31. The summed E-state index contributed by atoms with van der Waals surface area (Å²) in [5.74, 6) is 0.845. The van der Waals surface area contributed by atoms with Crippen LogP contribution in [0.1, 0.15) is 34.7 Å². The molecule has 1 aliphatic rings. The number of nitrogens with one attached hydrogen (secondary N) is 1. The summed E-state index contributed by atoms with van der Waals surface area (Å²) in [7, 11) is 1.68. The van der Waals surface area contributed by atoms with Gasteiger partial charge in [-0.2, -0.15) is 0 Å². The van der Waals surface area contributed by atoms with Crippen molar-refractivity contribution in [3.8, 4) is 5.75 Å². The fourth-order valence-corrected chi connectivity index (χ4v) is 3.29. The molecule has 0 saturated heterocycles. The topological polar surface area (TPSA) is 21.3 Å². The molecule has 3 heteroatoms. The Morgan fingerprint density at radius 2 is 2.14 bits per heavy atom. The Labute approximate surface area is 131 Å². The summed E-state index contributed by atoms with van der Waals surface area (Å²) in [5, 5.41) is 4.39. The summed E-state index contributed by atoms with van der Waals surface area (Å²) in [5.41, 5.74) is 5.24. The molecule has 0 heterocycles. The van der Waals surface area contributed by atoms with Crippen molar-refractivity contribution in [2.45, 2.75) is 32.4 Å². The molecular weight excluding hydrogens is 282 g/mol. The van der Waals surface area contributed by atoms with E-state index in [0.717, 1.165) is 35.7 Å². The van der Waals surface area contributed by atoms with E-state index in [1.807, 2.05) is 18.2 Å². The molecule has 0 aliphatic heterocycles. The maximum atomic E-state index is 6.30. The van der Waals surface area contributed by atoms with Crippen LogP contribution in [0.5, 0.6) is 5.75 Å². The maximum Gasteiger partial charge on any atom is 0.124 e. The number of fused-ring (bicyclic) bond motifs is 1. The first-order chi connectivity index (χ1) is 10.2. The molecule has 21 heavy (non-hydrogen) atoms. The van der Waals surface area contributed by atoms with E-state index in [4.69, 9.17) is 16.3 Å². The third-order valence-corrected chi connectivity index (χ3v) is 4.55. The highest BCUT2D eigenvalue weighted by Crippen LogP contribution is 2.33. The second kappa shape index (κ2) is 6.08. The van der Waals surface area contributed by atoms with E-state index in [1.54, 1.807) is 7.11 Å². The van der Waals surface area contributed by atoms with Gasteiger partial charge in [-0.15, -0.1) is 0 Å². The fourth-order valence-electron chi connectivity index (χ4n) is 3.06. The van der Waals surface area contributed by atoms with E-state index < -0.39 is 0 Å². The molecule has 1 aliphatic carbocycles. The largest absolute Gasteiger partial charge is 0.496 e. The summed E-state index contributed by atoms with van der Waals surface area (Å²) < 4.78 is 5.41. The second-order valence-electron chi connectivity index (χ2n) is 5.60. The molecular formula is C18H20ClNO. The molecule has 0 amide bonds. The third kappa shape index (κ3) is 2.92. The normalized spacial score (nSPS) is 16.8. The lowest BCUT2D eigenvalue weighted by Crippen LogP contribution is -2.19. The number of methoxy groups -OCH3 is 1. The predicted octanol–water partition coefficient (Wildman–Crippen LogP) is 4.43. The number of hydrogen-bond acceptors (Lipinski definition) is 2. The smallest absolute Gasteiger partial charge is 0.124 e. The number of benzene rings is 2. The van der Waals surface area contributed by atoms with Crippen LogP contribution in [-0.2, 0) is 13.0 Å². The van der Waals surface area contributed by atoms with Gasteiger partial charge in [0, 0.05) is 23.2 Å². The van der Waals surface area contributed by atoms with Crippen molar-refractivity contribution in [1.29, 1.82) is 0 Å². The van der Waals surface area contributed by atoms with Gasteiger partial charge in [-0.25, -0.2) is 0 Å². The molecule has 2 nitrogen and oxygen atoms in total. The summed E-state index contributed by atoms with van der Waals surface area (Å²) in [6, 6.07) is 12.9. The van der Waals surface area contributed by atoms with E-state index in [2.05, 4.69) is 30.4 Å². The number of rotatable bonds is 4. The van der Waals surface area contributed by atoms with Crippen LogP contribution >= 0.6 is 11.6 Å². The van der Waals surface area contributed by atoms with E-state index in [9.17, 15) is 0 Å². The Morgan fingerprint density at radius 3 is 2.95 bits per heavy atom. The van der Waals surface area contributed by atoms with Crippen molar-refractivity contribution < 1.29 is 4.74 Å². The van der Waals surface area contributed by atoms with Crippen molar-refractivity contribution in [3.63, 3.8) is 0 Å². The Kier molecular flexibility index (Phi) is 4.18. The van der Waals surface area contributed by atoms with Crippen LogP contribution in [0.2, 0.25) is 5.02 Å². The van der Waals surface area contributed by atoms with E-state index in [1.165, 1.54) is 16.7 Å². The maximum absolute atomic E-state index is 6.30. The minimum absolute atomic E-state index is 0.404. The van der Waals surface area contributed by atoms with Gasteiger partial charge in [-0.3, -0.25) is 0 Å². The van der Waals surface area contributed by atoms with Crippen LogP contribution < -0.4 is 10.1 Å². The first kappa shape index (κ1) is 14.4. The molecule has 0 spiro atoms. The molecule has 3 rings (SSSR count). The molecule has 0 aromatic heterocycles. The minimum Gasteiger partial charge on any atom is -0.496 e. The van der Waals surface area contributed by atoms with Crippen molar-refractivity contribution in [1.82, 2.24) is 5.32 Å². The summed E-state index contributed by atoms with van der Waals surface area (Å²) in [4.78, 5) is 0. The zero-order chi connectivity index (χ0) is 14.8. The highest BCUT2D eigenvalue weighted by atomic mass is 35.5. The van der Waals surface area contributed by atoms with Crippen molar-refractivity contribution in [2.24, 2.45) is 0 Å². The minimum atomic E-state index is 0.404. The first-order valence-corrected chi connectivity index (χ1v) is 7.71. The second-order valence-corrected chi connectivity index (χ2v) is 6.00. The molecule has 0 radical (unpaired) electrons. The van der Waals surface area contributed by atoms with Gasteiger partial charge in [-0.1, -0.05) is 41.4 Å². The van der Waals surface area contributed by atoms with Crippen LogP contribution in [-0.4, -0.2) is 7.11 Å². The molecule has 0 saturated carbocycles. The summed E-state index contributed by atoms with van der Waals surface area (Å²) in [6.45, 7) is 2.87. The lowest BCUT2D eigenvalue weighted by molar-refractivity contribution is 0.405. The zero-order valence-electron chi connectivity index (χ0n) is 12.4. The van der Waals surface area contributed by atoms with Gasteiger partial charge in [0.1, 0.15) is 5.75 Å². The fraction of sp³-hybridized carbons (Fsp3) is 0.333. The van der Waals surface area contributed by atoms with Gasteiger partial charge in [-0.05, 0) is 43.0 Å². The van der Waals surface area contributed by atoms with Gasteiger partial charge in [0.05, 0.1) is 7.11 Å². The van der Waals surface area contributed by atoms with Gasteiger partial charge < -0.3 is 10.1 Å². The van der Waals surface area contributed by atoms with Crippen molar-refractivity contribution in [3.05, 3.63) is 63.7 Å². The Hall–Kier alpha value is -1.51. The third-order valence-electron chi connectivity index (χ3n) is 4.20. The van der Waals surface area contributed by atoms with Crippen LogP contribution in [0.4, 0.5) is 0 Å². The number of aryl methyl sites for hydroxylation is 2. The SMILES string of the molecule is COc1cccc(Cl)c1CNC1CCc2ccc(C)cc21. The first-order valence-electron chi connectivity index (χ1n) is 7.33. The molecule has 110 valence electrons. The van der Waals surface area contributed by atoms with Crippen LogP contribution in [0.15, 0.2) is 36.4 Å². The standard InChI is InChI=1S/C18H20ClNO/c1-12-6-7-13-8-9-17(14(13)10-12)20-11-15-16(19)4-3-5-18(15)21-2/h3-7,10,17,20H,8-9,11H2,1-2H3. The average Bonchev–Trinajstić information content (AvgIpc) is 2.88. The summed E-state index contributed by atoms with van der Waals surface area (Å²) >= 11 is 6.30. The Bertz CT molecular complexity index is 654. The average molecular weight is 302 g/mol. The van der Waals surface area contributed by atoms with Crippen LogP contribution in [0.3, 0.4) is 0 Å². The lowest BCUT2D eigenvalue weighted by Gasteiger charge is -2.17. The number of ether oxygens (including phenoxy) is 1. The molecule has 2 aromatic rings. The highest BCUT2D eigenvalue weighted by Gasteiger charge is 2.22. The van der Waals surface area contributed by atoms with E-state index >= 15 is 0 Å².